The van der Waals surface area contributed by atoms with E-state index in [1.165, 1.54) is 30.3 Å². The summed E-state index contributed by atoms with van der Waals surface area (Å²) in [5, 5.41) is 12.0. The van der Waals surface area contributed by atoms with Gasteiger partial charge in [0.05, 0.1) is 13.5 Å². The number of aliphatic hydroxyl groups is 1. The summed E-state index contributed by atoms with van der Waals surface area (Å²) >= 11 is 0. The van der Waals surface area contributed by atoms with Gasteiger partial charge in [0.1, 0.15) is 54.4 Å². The van der Waals surface area contributed by atoms with E-state index < -0.39 is 116 Å². The number of hydrogen-bond donors (Lipinski definition) is 1. The molecular formula is C36H41FO17. The van der Waals surface area contributed by atoms with E-state index in [1.807, 2.05) is 0 Å². The van der Waals surface area contributed by atoms with Crippen LogP contribution in [0.1, 0.15) is 52.7 Å². The lowest BCUT2D eigenvalue weighted by molar-refractivity contribution is -0.344. The molecule has 0 spiro atoms. The Hall–Kier alpha value is -5.17. The summed E-state index contributed by atoms with van der Waals surface area (Å²) in [5.74, 6) is -5.01. The average molecular weight is 765 g/mol. The highest BCUT2D eigenvalue weighted by Crippen LogP contribution is 2.40. The van der Waals surface area contributed by atoms with Crippen molar-refractivity contribution in [1.82, 2.24) is 0 Å². The first-order valence-corrected chi connectivity index (χ1v) is 16.6. The number of benzene rings is 2. The zero-order valence-corrected chi connectivity index (χ0v) is 30.2. The van der Waals surface area contributed by atoms with Gasteiger partial charge in [-0.25, -0.2) is 4.39 Å². The van der Waals surface area contributed by atoms with E-state index in [4.69, 9.17) is 47.4 Å². The third-order valence-corrected chi connectivity index (χ3v) is 8.03. The van der Waals surface area contributed by atoms with E-state index in [9.17, 15) is 38.3 Å². The van der Waals surface area contributed by atoms with Gasteiger partial charge in [-0.1, -0.05) is 12.1 Å². The molecule has 0 aliphatic carbocycles. The smallest absolute Gasteiger partial charge is 0.308 e. The van der Waals surface area contributed by atoms with E-state index in [-0.39, 0.29) is 11.3 Å². The molecule has 2 aromatic rings. The van der Waals surface area contributed by atoms with Gasteiger partial charge in [0.2, 0.25) is 0 Å². The van der Waals surface area contributed by atoms with E-state index >= 15 is 0 Å². The number of esters is 6. The minimum absolute atomic E-state index is 0.249. The van der Waals surface area contributed by atoms with Crippen molar-refractivity contribution in [2.75, 3.05) is 13.7 Å². The minimum Gasteiger partial charge on any atom is -0.469 e. The average Bonchev–Trinajstić information content (AvgIpc) is 3.09. The van der Waals surface area contributed by atoms with E-state index in [0.717, 1.165) is 41.7 Å². The van der Waals surface area contributed by atoms with Gasteiger partial charge < -0.3 is 52.5 Å². The van der Waals surface area contributed by atoms with Crippen LogP contribution >= 0.6 is 0 Å². The molecule has 2 heterocycles. The second-order valence-electron chi connectivity index (χ2n) is 12.2. The van der Waals surface area contributed by atoms with Gasteiger partial charge in [-0.2, -0.15) is 0 Å². The molecule has 2 aliphatic heterocycles. The Kier molecular flexibility index (Phi) is 14.4. The maximum atomic E-state index is 13.5. The lowest BCUT2D eigenvalue weighted by atomic mass is 9.89. The predicted molar refractivity (Wildman–Crippen MR) is 176 cm³/mol. The summed E-state index contributed by atoms with van der Waals surface area (Å²) in [6.07, 6.45) is -16.2. The van der Waals surface area contributed by atoms with Crippen LogP contribution in [0.3, 0.4) is 0 Å². The molecule has 54 heavy (non-hydrogen) atoms. The van der Waals surface area contributed by atoms with Crippen LogP contribution in [-0.4, -0.2) is 110 Å². The van der Waals surface area contributed by atoms with Crippen LogP contribution in [-0.2, 0) is 71.4 Å². The highest BCUT2D eigenvalue weighted by Gasteiger charge is 2.56. The molecule has 17 nitrogen and oxygen atoms in total. The van der Waals surface area contributed by atoms with E-state index in [0.29, 0.717) is 5.75 Å². The number of aliphatic hydroxyl groups excluding tert-OH is 1. The molecular weight excluding hydrogens is 723 g/mol. The van der Waals surface area contributed by atoms with Crippen LogP contribution < -0.4 is 4.74 Å². The molecule has 294 valence electrons. The fourth-order valence-corrected chi connectivity index (χ4v) is 5.95. The molecule has 0 saturated carbocycles. The molecule has 1 N–H and O–H groups in total. The topological polar surface area (TPSA) is 215 Å². The summed E-state index contributed by atoms with van der Waals surface area (Å²) in [6.45, 7) is 4.72. The van der Waals surface area contributed by atoms with Gasteiger partial charge in [0, 0.05) is 34.6 Å². The fourth-order valence-electron chi connectivity index (χ4n) is 5.95. The zero-order valence-electron chi connectivity index (χ0n) is 30.2. The molecule has 0 bridgehead atoms. The maximum absolute atomic E-state index is 13.5. The highest BCUT2D eigenvalue weighted by molar-refractivity contribution is 5.71. The lowest BCUT2D eigenvalue weighted by Gasteiger charge is -2.48. The van der Waals surface area contributed by atoms with Crippen LogP contribution in [0.25, 0.3) is 0 Å². The van der Waals surface area contributed by atoms with Crippen molar-refractivity contribution >= 4 is 35.8 Å². The van der Waals surface area contributed by atoms with Crippen LogP contribution in [0.4, 0.5) is 4.39 Å². The van der Waals surface area contributed by atoms with Crippen LogP contribution in [0.5, 0.6) is 11.5 Å². The van der Waals surface area contributed by atoms with Gasteiger partial charge in [0.15, 0.2) is 30.7 Å². The monoisotopic (exact) mass is 764 g/mol. The summed E-state index contributed by atoms with van der Waals surface area (Å²) in [6, 6.07) is 11.4. The normalized spacial score (nSPS) is 27.8. The molecule has 2 fully saturated rings. The Morgan fingerprint density at radius 3 is 1.83 bits per heavy atom. The molecule has 10 atom stereocenters. The molecule has 4 rings (SSSR count). The quantitative estimate of drug-likeness (QED) is 0.229. The second kappa shape index (κ2) is 18.7. The Labute approximate surface area is 308 Å². The number of halogens is 1. The van der Waals surface area contributed by atoms with Crippen molar-refractivity contribution in [2.45, 2.75) is 102 Å². The third-order valence-electron chi connectivity index (χ3n) is 8.03. The molecule has 2 saturated heterocycles. The van der Waals surface area contributed by atoms with Crippen LogP contribution in [0.2, 0.25) is 0 Å². The zero-order chi connectivity index (χ0) is 39.7. The molecule has 0 unspecified atom stereocenters. The first-order chi connectivity index (χ1) is 25.6. The minimum atomic E-state index is -1.81. The predicted octanol–water partition coefficient (Wildman–Crippen LogP) is 2.38. The summed E-state index contributed by atoms with van der Waals surface area (Å²) < 4.78 is 69.8. The van der Waals surface area contributed by atoms with Crippen molar-refractivity contribution in [3.8, 4) is 11.5 Å². The van der Waals surface area contributed by atoms with Crippen LogP contribution in [0.15, 0.2) is 48.5 Å². The highest BCUT2D eigenvalue weighted by atomic mass is 19.1. The Balaban J connectivity index is 1.80. The third kappa shape index (κ3) is 11.2. The van der Waals surface area contributed by atoms with E-state index in [1.54, 1.807) is 18.2 Å². The van der Waals surface area contributed by atoms with Crippen molar-refractivity contribution in [3.05, 3.63) is 59.9 Å². The van der Waals surface area contributed by atoms with Gasteiger partial charge in [-0.05, 0) is 42.0 Å². The van der Waals surface area contributed by atoms with Gasteiger partial charge in [0.25, 0.3) is 0 Å². The van der Waals surface area contributed by atoms with Gasteiger partial charge in [-0.3, -0.25) is 28.8 Å². The van der Waals surface area contributed by atoms with Crippen molar-refractivity contribution < 1.29 is 85.6 Å². The molecule has 0 aromatic heterocycles. The number of carbonyl (C=O) groups is 6. The second-order valence-corrected chi connectivity index (χ2v) is 12.2. The van der Waals surface area contributed by atoms with E-state index in [2.05, 4.69) is 0 Å². The molecule has 2 aromatic carbocycles. The Morgan fingerprint density at radius 1 is 0.685 bits per heavy atom. The van der Waals surface area contributed by atoms with Crippen molar-refractivity contribution in [2.24, 2.45) is 0 Å². The standard InChI is InChI=1S/C36H41FO17/c1-17(38)46-16-27-32(48-19(3)40)34(49-20(4)41)35(50-21(5)42)36(53-27)54-33-29(44)30(52-26(15-28(43)45-6)31(33)47-18(2)39)22-8-7-9-25(14-22)51-24-12-10-23(37)11-13-24/h7-14,26-27,29-36,44H,15-16H2,1-6H3/t26-,27-,29-,30-,31-,32-,33-,34+,35+,36-/m1/s1. The molecule has 0 amide bonds. The van der Waals surface area contributed by atoms with Gasteiger partial charge in [-0.15, -0.1) is 0 Å². The fraction of sp³-hybridized carbons (Fsp3) is 0.500. The van der Waals surface area contributed by atoms with Crippen molar-refractivity contribution in [1.29, 1.82) is 0 Å². The number of hydrogen-bond acceptors (Lipinski definition) is 17. The van der Waals surface area contributed by atoms with Crippen LogP contribution in [0, 0.1) is 5.82 Å². The Bertz CT molecular complexity index is 1660. The number of carbonyl (C=O) groups excluding carboxylic acids is 6. The largest absolute Gasteiger partial charge is 0.469 e. The number of methoxy groups -OCH3 is 1. The summed E-state index contributed by atoms with van der Waals surface area (Å²) in [5.41, 5.74) is 0.286. The number of rotatable bonds is 13. The number of ether oxygens (including phenoxy) is 10. The van der Waals surface area contributed by atoms with Gasteiger partial charge >= 0.3 is 35.8 Å². The molecule has 18 heteroatoms. The summed E-state index contributed by atoms with van der Waals surface area (Å²) in [4.78, 5) is 73.8. The Morgan fingerprint density at radius 2 is 1.26 bits per heavy atom. The summed E-state index contributed by atoms with van der Waals surface area (Å²) in [7, 11) is 1.13. The molecule has 0 radical (unpaired) electrons. The first-order valence-electron chi connectivity index (χ1n) is 16.6. The molecule has 2 aliphatic rings. The lowest BCUT2D eigenvalue weighted by Crippen LogP contribution is -2.65. The maximum Gasteiger partial charge on any atom is 0.308 e. The first kappa shape index (κ1) is 41.6. The van der Waals surface area contributed by atoms with Crippen molar-refractivity contribution in [3.63, 3.8) is 0 Å². The SMILES string of the molecule is COC(=O)C[C@H]1O[C@H](c2cccc(Oc3ccc(F)cc3)c2)[C@@H](O)[C@@H](O[C@H]2O[C@H](COC(C)=O)[C@@H](OC(C)=O)[C@H](OC(C)=O)[C@@H]2OC(C)=O)[C@@H]1OC(C)=O.